The van der Waals surface area contributed by atoms with E-state index in [-0.39, 0.29) is 34.9 Å². The number of ether oxygens (including phenoxy) is 1. The maximum Gasteiger partial charge on any atom is 0.306 e. The number of ketones is 2. The monoisotopic (exact) mass is 628 g/mol. The zero-order chi connectivity index (χ0) is 32.5. The van der Waals surface area contributed by atoms with Crippen LogP contribution >= 0.6 is 0 Å². The number of unbranched alkanes of at least 4 members (excludes halogenated alkanes) is 14. The van der Waals surface area contributed by atoms with Gasteiger partial charge in [0.05, 0.1) is 6.10 Å². The number of rotatable bonds is 19. The van der Waals surface area contributed by atoms with E-state index in [1.54, 1.807) is 0 Å². The van der Waals surface area contributed by atoms with Crippen molar-refractivity contribution in [3.05, 3.63) is 11.6 Å². The number of Topliss-reactive ketones (excluding diaryl/α,β-unsaturated/α-hetero) is 1. The van der Waals surface area contributed by atoms with Gasteiger partial charge in [0.25, 0.3) is 0 Å². The summed E-state index contributed by atoms with van der Waals surface area (Å²) in [6, 6.07) is 0. The minimum absolute atomic E-state index is 0.0360. The zero-order valence-corrected chi connectivity index (χ0v) is 28.9. The molecule has 0 bridgehead atoms. The molecule has 0 unspecified atom stereocenters. The maximum absolute atomic E-state index is 13.5. The molecule has 2 N–H and O–H groups in total. The molecule has 0 spiro atoms. The number of carbonyl (C=O) groups is 3. The van der Waals surface area contributed by atoms with Crippen LogP contribution in [-0.4, -0.2) is 46.1 Å². The van der Waals surface area contributed by atoms with E-state index in [1.807, 2.05) is 13.0 Å². The molecule has 0 amide bonds. The van der Waals surface area contributed by atoms with Gasteiger partial charge in [-0.25, -0.2) is 0 Å². The van der Waals surface area contributed by atoms with Crippen molar-refractivity contribution >= 4 is 17.5 Å². The van der Waals surface area contributed by atoms with E-state index in [0.717, 1.165) is 44.9 Å². The Morgan fingerprint density at radius 1 is 0.844 bits per heavy atom. The Morgan fingerprint density at radius 2 is 1.42 bits per heavy atom. The molecule has 6 heteroatoms. The van der Waals surface area contributed by atoms with Crippen LogP contribution in [0.3, 0.4) is 0 Å². The number of esters is 1. The molecular weight excluding hydrogens is 564 g/mol. The molecule has 7 atom stereocenters. The maximum atomic E-state index is 13.5. The molecule has 0 aromatic rings. The van der Waals surface area contributed by atoms with E-state index in [4.69, 9.17) is 4.74 Å². The Labute approximate surface area is 273 Å². The van der Waals surface area contributed by atoms with Gasteiger partial charge in [0.2, 0.25) is 5.78 Å². The summed E-state index contributed by atoms with van der Waals surface area (Å²) < 4.78 is 5.41. The lowest BCUT2D eigenvalue weighted by atomic mass is 9.45. The first-order chi connectivity index (χ1) is 21.6. The lowest BCUT2D eigenvalue weighted by Gasteiger charge is -2.60. The number of allylic oxidation sites excluding steroid dienone is 1. The summed E-state index contributed by atoms with van der Waals surface area (Å²) in [6.07, 6.45) is 24.9. The first kappa shape index (κ1) is 36.3. The quantitative estimate of drug-likeness (QED) is 0.110. The van der Waals surface area contributed by atoms with Gasteiger partial charge in [-0.05, 0) is 74.2 Å². The van der Waals surface area contributed by atoms with Crippen LogP contribution in [0.25, 0.3) is 0 Å². The molecule has 0 radical (unpaired) electrons. The third-order valence-corrected chi connectivity index (χ3v) is 12.9. The minimum atomic E-state index is -1.60. The van der Waals surface area contributed by atoms with Gasteiger partial charge in [0, 0.05) is 18.3 Å². The van der Waals surface area contributed by atoms with E-state index in [0.29, 0.717) is 25.7 Å². The average Bonchev–Trinajstić information content (AvgIpc) is 3.28. The fourth-order valence-electron chi connectivity index (χ4n) is 10.1. The lowest BCUT2D eigenvalue weighted by molar-refractivity contribution is -0.184. The van der Waals surface area contributed by atoms with E-state index < -0.39 is 29.5 Å². The highest BCUT2D eigenvalue weighted by molar-refractivity contribution is 5.92. The van der Waals surface area contributed by atoms with Crippen LogP contribution in [0.4, 0.5) is 0 Å². The summed E-state index contributed by atoms with van der Waals surface area (Å²) >= 11 is 0. The topological polar surface area (TPSA) is 101 Å². The zero-order valence-electron chi connectivity index (χ0n) is 28.9. The minimum Gasteiger partial charge on any atom is -0.458 e. The van der Waals surface area contributed by atoms with Crippen LogP contribution in [0.5, 0.6) is 0 Å². The second-order valence-corrected chi connectivity index (χ2v) is 15.8. The summed E-state index contributed by atoms with van der Waals surface area (Å²) in [5.41, 5.74) is -1.39. The Balaban J connectivity index is 1.12. The number of carbonyl (C=O) groups excluding carboxylic acids is 3. The molecule has 3 fully saturated rings. The van der Waals surface area contributed by atoms with Crippen molar-refractivity contribution in [3.63, 3.8) is 0 Å². The van der Waals surface area contributed by atoms with Gasteiger partial charge in [-0.3, -0.25) is 14.4 Å². The molecule has 0 aromatic carbocycles. The van der Waals surface area contributed by atoms with Gasteiger partial charge in [0.15, 0.2) is 12.4 Å². The summed E-state index contributed by atoms with van der Waals surface area (Å²) in [7, 11) is 0. The molecule has 4 aliphatic rings. The smallest absolute Gasteiger partial charge is 0.306 e. The fraction of sp³-hybridized carbons (Fsp3) is 0.872. The summed E-state index contributed by atoms with van der Waals surface area (Å²) in [6.45, 7) is 6.05. The third kappa shape index (κ3) is 8.31. The van der Waals surface area contributed by atoms with Crippen LogP contribution in [0.2, 0.25) is 0 Å². The summed E-state index contributed by atoms with van der Waals surface area (Å²) in [5.74, 6) is -0.249. The molecule has 0 aromatic heterocycles. The van der Waals surface area contributed by atoms with Crippen LogP contribution in [0.15, 0.2) is 11.6 Å². The van der Waals surface area contributed by atoms with E-state index in [1.165, 1.54) is 82.6 Å². The van der Waals surface area contributed by atoms with E-state index in [9.17, 15) is 24.6 Å². The normalized spacial score (nSPS) is 34.1. The number of aliphatic hydroxyl groups is 2. The average molecular weight is 629 g/mol. The highest BCUT2D eigenvalue weighted by atomic mass is 16.5. The first-order valence-corrected chi connectivity index (χ1v) is 18.9. The van der Waals surface area contributed by atoms with Crippen LogP contribution in [0, 0.1) is 28.6 Å². The number of hydrogen-bond acceptors (Lipinski definition) is 6. The predicted octanol–water partition coefficient (Wildman–Crippen LogP) is 8.59. The van der Waals surface area contributed by atoms with Gasteiger partial charge >= 0.3 is 5.97 Å². The van der Waals surface area contributed by atoms with E-state index in [2.05, 4.69) is 13.8 Å². The van der Waals surface area contributed by atoms with Crippen molar-refractivity contribution in [2.75, 3.05) is 6.61 Å². The summed E-state index contributed by atoms with van der Waals surface area (Å²) in [4.78, 5) is 38.1. The van der Waals surface area contributed by atoms with Crippen molar-refractivity contribution in [1.82, 2.24) is 0 Å². The Morgan fingerprint density at radius 3 is 2.02 bits per heavy atom. The second kappa shape index (κ2) is 16.5. The number of aliphatic hydroxyl groups excluding tert-OH is 1. The number of hydrogen-bond donors (Lipinski definition) is 2. The highest BCUT2D eigenvalue weighted by Gasteiger charge is 2.68. The van der Waals surface area contributed by atoms with Crippen molar-refractivity contribution in [3.8, 4) is 0 Å². The molecule has 0 saturated heterocycles. The van der Waals surface area contributed by atoms with Crippen molar-refractivity contribution in [2.24, 2.45) is 28.6 Å². The van der Waals surface area contributed by atoms with Crippen molar-refractivity contribution in [1.29, 1.82) is 0 Å². The largest absolute Gasteiger partial charge is 0.458 e. The fourth-order valence-corrected chi connectivity index (χ4v) is 10.1. The number of fused-ring (bicyclic) bond motifs is 5. The first-order valence-electron chi connectivity index (χ1n) is 18.9. The summed E-state index contributed by atoms with van der Waals surface area (Å²) in [5, 5.41) is 23.4. The molecule has 0 aliphatic heterocycles. The lowest BCUT2D eigenvalue weighted by Crippen LogP contribution is -2.62. The van der Waals surface area contributed by atoms with Gasteiger partial charge in [0.1, 0.15) is 5.60 Å². The van der Waals surface area contributed by atoms with Gasteiger partial charge in [-0.2, -0.15) is 0 Å². The Hall–Kier alpha value is -1.53. The second-order valence-electron chi connectivity index (χ2n) is 15.8. The molecule has 0 heterocycles. The van der Waals surface area contributed by atoms with Gasteiger partial charge in [-0.15, -0.1) is 0 Å². The van der Waals surface area contributed by atoms with E-state index >= 15 is 0 Å². The molecule has 256 valence electrons. The molecule has 3 saturated carbocycles. The van der Waals surface area contributed by atoms with Crippen molar-refractivity contribution < 1.29 is 29.3 Å². The van der Waals surface area contributed by atoms with Crippen LogP contribution in [-0.2, 0) is 19.1 Å². The van der Waals surface area contributed by atoms with Crippen LogP contribution < -0.4 is 0 Å². The Kier molecular flexibility index (Phi) is 13.3. The molecule has 4 aliphatic carbocycles. The predicted molar refractivity (Wildman–Crippen MR) is 179 cm³/mol. The highest BCUT2D eigenvalue weighted by Crippen LogP contribution is 2.67. The van der Waals surface area contributed by atoms with Gasteiger partial charge < -0.3 is 14.9 Å². The SMILES string of the molecule is CCCCCCCCCCCCCCCCCC(=O)OCC(=O)[C@]1(O)CC[C@H]2[C@@H]3CCC4=CC(=O)CC[C@]4(C)[C@H]3[C@@H](O)C[C@@]21C. The molecule has 45 heavy (non-hydrogen) atoms. The molecule has 6 nitrogen and oxygen atoms in total. The van der Waals surface area contributed by atoms with Crippen LogP contribution in [0.1, 0.15) is 168 Å². The Bertz CT molecular complexity index is 1030. The molecule has 4 rings (SSSR count). The molecular formula is C39H64O6. The van der Waals surface area contributed by atoms with Crippen molar-refractivity contribution in [2.45, 2.75) is 180 Å². The van der Waals surface area contributed by atoms with Gasteiger partial charge in [-0.1, -0.05) is 116 Å². The third-order valence-electron chi connectivity index (χ3n) is 12.9. The standard InChI is InChI=1S/C39H64O6/c1-4-5-6-7-8-9-10-11-12-13-14-15-16-17-18-19-35(43)45-28-34(42)39(44)25-23-32-31-21-20-29-26-30(40)22-24-37(29,2)36(31)33(41)27-38(32,39)3/h26,31-33,36,41,44H,4-25,27-28H2,1-3H3/t31-,32-,33-,36+,37-,38-,39+/m0/s1.